The number of hydrogen-bond acceptors (Lipinski definition) is 6. The minimum absolute atomic E-state index is 0.00577. The van der Waals surface area contributed by atoms with Gasteiger partial charge in [-0.25, -0.2) is 14.5 Å². The molecule has 8 heteroatoms. The van der Waals surface area contributed by atoms with Crippen LogP contribution in [-0.4, -0.2) is 49.6 Å². The number of ether oxygens (including phenoxy) is 1. The van der Waals surface area contributed by atoms with Crippen molar-refractivity contribution in [3.8, 4) is 17.3 Å². The second-order valence-corrected chi connectivity index (χ2v) is 7.61. The molecule has 0 bridgehead atoms. The average Bonchev–Trinajstić information content (AvgIpc) is 3.26. The fraction of sp³-hybridized carbons (Fsp3) is 0.368. The first-order valence-corrected chi connectivity index (χ1v) is 9.87. The summed E-state index contributed by atoms with van der Waals surface area (Å²) >= 11 is 1.59. The number of fused-ring (bicyclic) bond motifs is 1. The van der Waals surface area contributed by atoms with Gasteiger partial charge in [-0.2, -0.15) is 5.10 Å². The lowest BCUT2D eigenvalue weighted by molar-refractivity contribution is -0.126. The van der Waals surface area contributed by atoms with Gasteiger partial charge in [0.15, 0.2) is 0 Å². The van der Waals surface area contributed by atoms with E-state index < -0.39 is 0 Å². The van der Waals surface area contributed by atoms with Gasteiger partial charge in [0.05, 0.1) is 17.4 Å². The number of aromatic nitrogens is 4. The van der Waals surface area contributed by atoms with E-state index in [4.69, 9.17) is 9.72 Å². The van der Waals surface area contributed by atoms with Gasteiger partial charge in [-0.3, -0.25) is 4.79 Å². The number of aryl methyl sites for hydroxylation is 1. The molecule has 3 aromatic rings. The lowest BCUT2D eigenvalue weighted by Crippen LogP contribution is -2.30. The van der Waals surface area contributed by atoms with Gasteiger partial charge < -0.3 is 9.64 Å². The molecule has 1 aliphatic heterocycles. The van der Waals surface area contributed by atoms with Crippen LogP contribution in [0, 0.1) is 6.92 Å². The van der Waals surface area contributed by atoms with Crippen molar-refractivity contribution in [2.75, 3.05) is 13.1 Å². The normalized spacial score (nSPS) is 17.7. The van der Waals surface area contributed by atoms with E-state index in [0.29, 0.717) is 12.4 Å². The number of carbonyl (C=O) groups is 1. The predicted molar refractivity (Wildman–Crippen MR) is 104 cm³/mol. The standard InChI is InChI=1S/C19H21N5O2S/c1-3-18(25)23-9-4-5-14(7-10-23)26-19-17-6-8-20-24(17)11-15(22-19)16-12-27-13(2)21-16/h3,6,8,11-12,14H,1,4-5,7,9-10H2,2H3/t14-/m1/s1. The lowest BCUT2D eigenvalue weighted by atomic mass is 10.1. The zero-order valence-corrected chi connectivity index (χ0v) is 16.0. The van der Waals surface area contributed by atoms with Crippen LogP contribution in [0.4, 0.5) is 0 Å². The van der Waals surface area contributed by atoms with Crippen molar-refractivity contribution >= 4 is 22.8 Å². The lowest BCUT2D eigenvalue weighted by Gasteiger charge is -2.19. The summed E-state index contributed by atoms with van der Waals surface area (Å²) in [5.74, 6) is 0.539. The maximum Gasteiger partial charge on any atom is 0.245 e. The van der Waals surface area contributed by atoms with Crippen molar-refractivity contribution in [2.24, 2.45) is 0 Å². The van der Waals surface area contributed by atoms with Crippen molar-refractivity contribution in [2.45, 2.75) is 32.3 Å². The van der Waals surface area contributed by atoms with Crippen LogP contribution in [0.15, 0.2) is 36.5 Å². The number of rotatable bonds is 4. The summed E-state index contributed by atoms with van der Waals surface area (Å²) in [6, 6.07) is 1.89. The third-order valence-electron chi connectivity index (χ3n) is 4.68. The Morgan fingerprint density at radius 1 is 1.33 bits per heavy atom. The number of amides is 1. The number of nitrogens with zero attached hydrogens (tertiary/aromatic N) is 5. The molecule has 27 heavy (non-hydrogen) atoms. The molecule has 1 fully saturated rings. The van der Waals surface area contributed by atoms with Crippen LogP contribution >= 0.6 is 11.3 Å². The molecule has 4 rings (SSSR count). The summed E-state index contributed by atoms with van der Waals surface area (Å²) in [5, 5.41) is 7.32. The quantitative estimate of drug-likeness (QED) is 0.647. The Morgan fingerprint density at radius 3 is 3.00 bits per heavy atom. The van der Waals surface area contributed by atoms with E-state index >= 15 is 0 Å². The van der Waals surface area contributed by atoms with Gasteiger partial charge in [-0.15, -0.1) is 11.3 Å². The highest BCUT2D eigenvalue weighted by atomic mass is 32.1. The molecular weight excluding hydrogens is 362 g/mol. The maximum absolute atomic E-state index is 11.9. The van der Waals surface area contributed by atoms with E-state index in [2.05, 4.69) is 16.7 Å². The molecule has 0 unspecified atom stereocenters. The van der Waals surface area contributed by atoms with E-state index in [-0.39, 0.29) is 12.0 Å². The van der Waals surface area contributed by atoms with Crippen molar-refractivity contribution in [1.82, 2.24) is 24.5 Å². The summed E-state index contributed by atoms with van der Waals surface area (Å²) in [6.07, 6.45) is 7.52. The third kappa shape index (κ3) is 3.71. The first-order valence-electron chi connectivity index (χ1n) is 8.99. The summed E-state index contributed by atoms with van der Waals surface area (Å²) in [7, 11) is 0. The van der Waals surface area contributed by atoms with Crippen molar-refractivity contribution in [1.29, 1.82) is 0 Å². The monoisotopic (exact) mass is 383 g/mol. The van der Waals surface area contributed by atoms with Gasteiger partial charge in [0.25, 0.3) is 0 Å². The molecule has 0 saturated carbocycles. The highest BCUT2D eigenvalue weighted by Crippen LogP contribution is 2.27. The Bertz CT molecular complexity index is 980. The van der Waals surface area contributed by atoms with E-state index in [0.717, 1.165) is 47.7 Å². The SMILES string of the molecule is C=CC(=O)N1CCC[C@@H](Oc2nc(-c3csc(C)n3)cn3nccc23)CC1. The number of thiazole rings is 1. The Kier molecular flexibility index (Phi) is 4.89. The number of hydrogen-bond donors (Lipinski definition) is 0. The smallest absolute Gasteiger partial charge is 0.245 e. The van der Waals surface area contributed by atoms with Gasteiger partial charge in [0, 0.05) is 24.9 Å². The third-order valence-corrected chi connectivity index (χ3v) is 5.45. The summed E-state index contributed by atoms with van der Waals surface area (Å²) < 4.78 is 8.05. The average molecular weight is 383 g/mol. The molecule has 1 atom stereocenters. The van der Waals surface area contributed by atoms with E-state index in [1.807, 2.05) is 29.5 Å². The summed E-state index contributed by atoms with van der Waals surface area (Å²) in [5.41, 5.74) is 2.39. The summed E-state index contributed by atoms with van der Waals surface area (Å²) in [4.78, 5) is 22.9. The number of likely N-dealkylation sites (tertiary alicyclic amines) is 1. The van der Waals surface area contributed by atoms with E-state index in [1.165, 1.54) is 6.08 Å². The van der Waals surface area contributed by atoms with Crippen molar-refractivity contribution in [3.05, 3.63) is 41.5 Å². The molecule has 7 nitrogen and oxygen atoms in total. The predicted octanol–water partition coefficient (Wildman–Crippen LogP) is 3.11. The van der Waals surface area contributed by atoms with E-state index in [1.54, 1.807) is 22.0 Å². The largest absolute Gasteiger partial charge is 0.473 e. The van der Waals surface area contributed by atoms with Crippen molar-refractivity contribution < 1.29 is 9.53 Å². The first kappa shape index (κ1) is 17.7. The molecule has 0 aromatic carbocycles. The van der Waals surface area contributed by atoms with Crippen LogP contribution in [0.1, 0.15) is 24.3 Å². The molecule has 3 aromatic heterocycles. The Labute approximate surface area is 161 Å². The van der Waals surface area contributed by atoms with Crippen LogP contribution in [0.2, 0.25) is 0 Å². The molecule has 4 heterocycles. The fourth-order valence-corrected chi connectivity index (χ4v) is 3.89. The molecular formula is C19H21N5O2S. The van der Waals surface area contributed by atoms with Gasteiger partial charge in [0.1, 0.15) is 23.0 Å². The Hall–Kier alpha value is -2.74. The Balaban J connectivity index is 1.59. The molecule has 1 aliphatic rings. The van der Waals surface area contributed by atoms with E-state index in [9.17, 15) is 4.79 Å². The second-order valence-electron chi connectivity index (χ2n) is 6.54. The minimum Gasteiger partial charge on any atom is -0.473 e. The molecule has 140 valence electrons. The molecule has 0 radical (unpaired) electrons. The molecule has 1 saturated heterocycles. The van der Waals surface area contributed by atoms with Crippen LogP contribution in [0.3, 0.4) is 0 Å². The molecule has 1 amide bonds. The highest BCUT2D eigenvalue weighted by Gasteiger charge is 2.22. The van der Waals surface area contributed by atoms with Gasteiger partial charge >= 0.3 is 0 Å². The van der Waals surface area contributed by atoms with Crippen LogP contribution in [0.5, 0.6) is 5.88 Å². The number of carbonyl (C=O) groups excluding carboxylic acids is 1. The Morgan fingerprint density at radius 2 is 2.22 bits per heavy atom. The van der Waals surface area contributed by atoms with Crippen LogP contribution in [-0.2, 0) is 4.79 Å². The second kappa shape index (κ2) is 7.48. The molecule has 0 aliphatic carbocycles. The van der Waals surface area contributed by atoms with Gasteiger partial charge in [-0.05, 0) is 31.9 Å². The zero-order chi connectivity index (χ0) is 18.8. The highest BCUT2D eigenvalue weighted by molar-refractivity contribution is 7.09. The topological polar surface area (TPSA) is 72.6 Å². The van der Waals surface area contributed by atoms with Crippen LogP contribution < -0.4 is 4.74 Å². The summed E-state index contributed by atoms with van der Waals surface area (Å²) in [6.45, 7) is 6.94. The molecule has 0 spiro atoms. The fourth-order valence-electron chi connectivity index (χ4n) is 3.28. The zero-order valence-electron chi connectivity index (χ0n) is 15.2. The van der Waals surface area contributed by atoms with Crippen LogP contribution in [0.25, 0.3) is 16.9 Å². The maximum atomic E-state index is 11.9. The minimum atomic E-state index is -0.0205. The van der Waals surface area contributed by atoms with Gasteiger partial charge in [-0.1, -0.05) is 6.58 Å². The first-order chi connectivity index (χ1) is 13.1. The van der Waals surface area contributed by atoms with Gasteiger partial charge in [0.2, 0.25) is 11.8 Å². The molecule has 0 N–H and O–H groups in total. The van der Waals surface area contributed by atoms with Crippen molar-refractivity contribution in [3.63, 3.8) is 0 Å².